The van der Waals surface area contributed by atoms with Crippen LogP contribution in [0, 0.1) is 0 Å². The molecule has 1 heterocycles. The van der Waals surface area contributed by atoms with Crippen LogP contribution in [0.3, 0.4) is 0 Å². The molecule has 0 aromatic heterocycles. The normalized spacial score (nSPS) is 17.8. The summed E-state index contributed by atoms with van der Waals surface area (Å²) in [7, 11) is 0. The molecule has 0 spiro atoms. The van der Waals surface area contributed by atoms with Crippen LogP contribution in [0.15, 0.2) is 48.5 Å². The molecule has 2 aromatic rings. The summed E-state index contributed by atoms with van der Waals surface area (Å²) in [6.45, 7) is 0.275. The van der Waals surface area contributed by atoms with E-state index in [0.29, 0.717) is 6.42 Å². The Morgan fingerprint density at radius 1 is 1.00 bits per heavy atom. The highest BCUT2D eigenvalue weighted by atomic mass is 16.5. The van der Waals surface area contributed by atoms with Crippen molar-refractivity contribution in [3.63, 3.8) is 0 Å². The number of benzene rings is 2. The van der Waals surface area contributed by atoms with Crippen LogP contribution in [0.5, 0.6) is 0 Å². The van der Waals surface area contributed by atoms with Gasteiger partial charge in [-0.1, -0.05) is 49.6 Å². The second kappa shape index (κ2) is 8.79. The fraction of sp³-hybridized carbons (Fsp3) is 0.375. The van der Waals surface area contributed by atoms with Gasteiger partial charge in [0.1, 0.15) is 0 Å². The number of ether oxygens (including phenoxy) is 1. The highest BCUT2D eigenvalue weighted by molar-refractivity contribution is 6.22. The average molecular weight is 407 g/mol. The molecular weight excluding hydrogens is 382 g/mol. The number of carboxylic acids is 1. The number of nitrogens with zero attached hydrogens (tertiary/aromatic N) is 1. The smallest absolute Gasteiger partial charge is 0.335 e. The zero-order valence-corrected chi connectivity index (χ0v) is 16.8. The van der Waals surface area contributed by atoms with E-state index in [9.17, 15) is 19.5 Å². The molecular formula is C24H25NO5. The number of fused-ring (bicyclic) bond motifs is 1. The molecule has 0 saturated heterocycles. The maximum Gasteiger partial charge on any atom is 0.335 e. The molecule has 0 bridgehead atoms. The quantitative estimate of drug-likeness (QED) is 0.703. The van der Waals surface area contributed by atoms with Crippen molar-refractivity contribution in [2.75, 3.05) is 6.61 Å². The van der Waals surface area contributed by atoms with Crippen LogP contribution in [-0.4, -0.2) is 46.5 Å². The Bertz CT molecular complexity index is 949. The van der Waals surface area contributed by atoms with E-state index >= 15 is 0 Å². The van der Waals surface area contributed by atoms with Crippen molar-refractivity contribution < 1.29 is 24.2 Å². The maximum atomic E-state index is 13.1. The van der Waals surface area contributed by atoms with E-state index in [1.807, 2.05) is 30.3 Å². The topological polar surface area (TPSA) is 83.9 Å². The number of carbonyl (C=O) groups excluding carboxylic acids is 2. The second-order valence-electron chi connectivity index (χ2n) is 7.98. The third-order valence-electron chi connectivity index (χ3n) is 5.92. The molecule has 156 valence electrons. The molecule has 6 nitrogen and oxygen atoms in total. The summed E-state index contributed by atoms with van der Waals surface area (Å²) in [4.78, 5) is 38.7. The summed E-state index contributed by atoms with van der Waals surface area (Å²) in [5.41, 5.74) is 1.41. The van der Waals surface area contributed by atoms with Gasteiger partial charge in [-0.05, 0) is 43.0 Å². The van der Waals surface area contributed by atoms with Crippen molar-refractivity contribution in [2.45, 2.75) is 50.7 Å². The van der Waals surface area contributed by atoms with E-state index in [1.165, 1.54) is 29.5 Å². The molecule has 4 rings (SSSR count). The average Bonchev–Trinajstić information content (AvgIpc) is 3.02. The molecule has 0 radical (unpaired) electrons. The summed E-state index contributed by atoms with van der Waals surface area (Å²) >= 11 is 0. The third kappa shape index (κ3) is 4.14. The van der Waals surface area contributed by atoms with Gasteiger partial charge in [-0.3, -0.25) is 14.5 Å². The Balaban J connectivity index is 1.59. The molecule has 1 fully saturated rings. The third-order valence-corrected chi connectivity index (χ3v) is 5.92. The van der Waals surface area contributed by atoms with Gasteiger partial charge in [0.25, 0.3) is 11.8 Å². The van der Waals surface area contributed by atoms with Gasteiger partial charge in [0.05, 0.1) is 35.4 Å². The summed E-state index contributed by atoms with van der Waals surface area (Å²) in [5.74, 6) is -1.97. The molecule has 6 heteroatoms. The van der Waals surface area contributed by atoms with Crippen LogP contribution in [-0.2, 0) is 11.2 Å². The monoisotopic (exact) mass is 407 g/mol. The van der Waals surface area contributed by atoms with Gasteiger partial charge >= 0.3 is 5.97 Å². The van der Waals surface area contributed by atoms with Crippen LogP contribution < -0.4 is 0 Å². The zero-order chi connectivity index (χ0) is 21.1. The van der Waals surface area contributed by atoms with Crippen LogP contribution in [0.4, 0.5) is 0 Å². The molecule has 2 aliphatic rings. The fourth-order valence-corrected chi connectivity index (χ4v) is 4.31. The van der Waals surface area contributed by atoms with Gasteiger partial charge in [-0.25, -0.2) is 4.79 Å². The number of hydrogen-bond acceptors (Lipinski definition) is 4. The Labute approximate surface area is 175 Å². The number of aromatic carboxylic acids is 1. The lowest BCUT2D eigenvalue weighted by atomic mass is 9.97. The largest absolute Gasteiger partial charge is 0.478 e. The molecule has 1 aliphatic carbocycles. The van der Waals surface area contributed by atoms with Gasteiger partial charge in [-0.15, -0.1) is 0 Å². The van der Waals surface area contributed by atoms with Gasteiger partial charge in [-0.2, -0.15) is 0 Å². The summed E-state index contributed by atoms with van der Waals surface area (Å²) < 4.78 is 6.15. The van der Waals surface area contributed by atoms with Gasteiger partial charge in [0.2, 0.25) is 0 Å². The summed E-state index contributed by atoms with van der Waals surface area (Å²) in [6.07, 6.45) is 6.15. The van der Waals surface area contributed by atoms with Crippen molar-refractivity contribution >= 4 is 17.8 Å². The van der Waals surface area contributed by atoms with Gasteiger partial charge in [0, 0.05) is 0 Å². The Hall–Kier alpha value is -2.99. The van der Waals surface area contributed by atoms with Crippen LogP contribution >= 0.6 is 0 Å². The minimum Gasteiger partial charge on any atom is -0.478 e. The van der Waals surface area contributed by atoms with Crippen molar-refractivity contribution in [1.82, 2.24) is 4.90 Å². The van der Waals surface area contributed by atoms with E-state index in [0.717, 1.165) is 31.2 Å². The number of carbonyl (C=O) groups is 3. The first kappa shape index (κ1) is 20.3. The number of carboxylic acid groups (broad SMARTS) is 1. The van der Waals surface area contributed by atoms with Crippen LogP contribution in [0.25, 0.3) is 0 Å². The van der Waals surface area contributed by atoms with Crippen molar-refractivity contribution in [2.24, 2.45) is 0 Å². The fourth-order valence-electron chi connectivity index (χ4n) is 4.31. The Kier molecular flexibility index (Phi) is 5.95. The predicted octanol–water partition coefficient (Wildman–Crippen LogP) is 3.94. The predicted molar refractivity (Wildman–Crippen MR) is 111 cm³/mol. The van der Waals surface area contributed by atoms with E-state index in [-0.39, 0.29) is 35.3 Å². The lowest BCUT2D eigenvalue weighted by molar-refractivity contribution is -0.00319. The lowest BCUT2D eigenvalue weighted by Gasteiger charge is -2.29. The zero-order valence-electron chi connectivity index (χ0n) is 16.8. The second-order valence-corrected chi connectivity index (χ2v) is 7.98. The number of rotatable bonds is 7. The molecule has 1 saturated carbocycles. The van der Waals surface area contributed by atoms with Crippen molar-refractivity contribution in [3.05, 3.63) is 70.8 Å². The minimum atomic E-state index is -1.13. The van der Waals surface area contributed by atoms with Gasteiger partial charge < -0.3 is 9.84 Å². The van der Waals surface area contributed by atoms with Crippen LogP contribution in [0.1, 0.15) is 68.7 Å². The molecule has 30 heavy (non-hydrogen) atoms. The molecule has 2 amide bonds. The number of amides is 2. The van der Waals surface area contributed by atoms with E-state index in [4.69, 9.17) is 4.74 Å². The standard InChI is InChI=1S/C24H25NO5/c26-22-20-12-11-17(24(28)29)14-21(20)23(27)25(22)18(13-16-7-3-1-4-8-16)15-30-19-9-5-2-6-10-19/h1,3-4,7-8,11-12,14,18-19H,2,5-6,9-10,13,15H2,(H,28,29)/t18-/m0/s1. The first-order valence-corrected chi connectivity index (χ1v) is 10.5. The maximum absolute atomic E-state index is 13.1. The lowest BCUT2D eigenvalue weighted by Crippen LogP contribution is -2.44. The Morgan fingerprint density at radius 2 is 1.70 bits per heavy atom. The highest BCUT2D eigenvalue weighted by Crippen LogP contribution is 2.28. The highest BCUT2D eigenvalue weighted by Gasteiger charge is 2.40. The van der Waals surface area contributed by atoms with Crippen LogP contribution in [0.2, 0.25) is 0 Å². The SMILES string of the molecule is O=C(O)c1ccc2c(c1)C(=O)N([C@H](COC1CCCCC1)Cc1ccccc1)C2=O. The Morgan fingerprint density at radius 3 is 2.40 bits per heavy atom. The van der Waals surface area contributed by atoms with E-state index in [2.05, 4.69) is 0 Å². The molecule has 1 atom stereocenters. The minimum absolute atomic E-state index is 0.00480. The molecule has 2 aromatic carbocycles. The molecule has 1 aliphatic heterocycles. The first-order valence-electron chi connectivity index (χ1n) is 10.5. The van der Waals surface area contributed by atoms with E-state index in [1.54, 1.807) is 0 Å². The summed E-state index contributed by atoms with van der Waals surface area (Å²) in [6, 6.07) is 13.3. The number of hydrogen-bond donors (Lipinski definition) is 1. The molecule has 1 N–H and O–H groups in total. The number of imide groups is 1. The summed E-state index contributed by atoms with van der Waals surface area (Å²) in [5, 5.41) is 9.24. The van der Waals surface area contributed by atoms with Gasteiger partial charge in [0.15, 0.2) is 0 Å². The van der Waals surface area contributed by atoms with Crippen molar-refractivity contribution in [1.29, 1.82) is 0 Å². The molecule has 0 unspecified atom stereocenters. The van der Waals surface area contributed by atoms with E-state index < -0.39 is 17.9 Å². The first-order chi connectivity index (χ1) is 14.5. The van der Waals surface area contributed by atoms with Crippen molar-refractivity contribution in [3.8, 4) is 0 Å².